The molecule has 0 spiro atoms. The second kappa shape index (κ2) is 7.75. The van der Waals surface area contributed by atoms with Crippen molar-refractivity contribution in [2.75, 3.05) is 20.2 Å². The van der Waals surface area contributed by atoms with Crippen LogP contribution in [0.5, 0.6) is 5.75 Å². The molecule has 0 aliphatic carbocycles. The monoisotopic (exact) mass is 351 g/mol. The summed E-state index contributed by atoms with van der Waals surface area (Å²) in [6, 6.07) is 13.7. The van der Waals surface area contributed by atoms with Gasteiger partial charge in [-0.3, -0.25) is 4.90 Å². The number of para-hydroxylation sites is 1. The second-order valence-electron chi connectivity index (χ2n) is 6.83. The molecule has 4 nitrogen and oxygen atoms in total. The summed E-state index contributed by atoms with van der Waals surface area (Å²) in [6.07, 6.45) is 0. The molecule has 0 aliphatic rings. The van der Waals surface area contributed by atoms with Crippen LogP contribution in [0.15, 0.2) is 51.7 Å². The van der Waals surface area contributed by atoms with E-state index in [9.17, 15) is 4.79 Å². The minimum absolute atomic E-state index is 0.300. The third-order valence-corrected chi connectivity index (χ3v) is 4.78. The zero-order valence-corrected chi connectivity index (χ0v) is 15.8. The fourth-order valence-corrected chi connectivity index (χ4v) is 3.06. The van der Waals surface area contributed by atoms with Crippen LogP contribution in [0.2, 0.25) is 0 Å². The van der Waals surface area contributed by atoms with Gasteiger partial charge in [0.1, 0.15) is 17.9 Å². The summed E-state index contributed by atoms with van der Waals surface area (Å²) in [6.45, 7) is 8.08. The van der Waals surface area contributed by atoms with Gasteiger partial charge < -0.3 is 9.15 Å². The van der Waals surface area contributed by atoms with Crippen LogP contribution >= 0.6 is 0 Å². The molecule has 0 fully saturated rings. The van der Waals surface area contributed by atoms with Gasteiger partial charge in [0.05, 0.1) is 0 Å². The number of benzene rings is 2. The smallest absolute Gasteiger partial charge is 0.336 e. The molecule has 26 heavy (non-hydrogen) atoms. The molecule has 4 heteroatoms. The minimum atomic E-state index is -0.300. The molecule has 3 rings (SSSR count). The predicted octanol–water partition coefficient (Wildman–Crippen LogP) is 4.23. The van der Waals surface area contributed by atoms with Crippen LogP contribution in [-0.2, 0) is 6.54 Å². The van der Waals surface area contributed by atoms with E-state index in [0.29, 0.717) is 18.7 Å². The molecule has 136 valence electrons. The largest absolute Gasteiger partial charge is 0.492 e. The summed E-state index contributed by atoms with van der Waals surface area (Å²) in [5.41, 5.74) is 4.65. The van der Waals surface area contributed by atoms with E-state index in [1.165, 1.54) is 0 Å². The van der Waals surface area contributed by atoms with E-state index in [-0.39, 0.29) is 5.63 Å². The first-order valence-corrected chi connectivity index (χ1v) is 8.85. The van der Waals surface area contributed by atoms with Gasteiger partial charge in [-0.25, -0.2) is 4.79 Å². The fourth-order valence-electron chi connectivity index (χ4n) is 3.06. The lowest BCUT2D eigenvalue weighted by Crippen LogP contribution is -2.24. The highest BCUT2D eigenvalue weighted by Crippen LogP contribution is 2.24. The average molecular weight is 351 g/mol. The highest BCUT2D eigenvalue weighted by atomic mass is 16.5. The van der Waals surface area contributed by atoms with Crippen molar-refractivity contribution in [1.82, 2.24) is 4.90 Å². The lowest BCUT2D eigenvalue weighted by molar-refractivity contribution is 0.232. The van der Waals surface area contributed by atoms with Crippen molar-refractivity contribution in [3.8, 4) is 5.75 Å². The Kier molecular flexibility index (Phi) is 5.43. The number of nitrogens with zero attached hydrogens (tertiary/aromatic N) is 1. The first-order valence-electron chi connectivity index (χ1n) is 8.85. The summed E-state index contributed by atoms with van der Waals surface area (Å²) in [5, 5.41) is 0.999. The molecule has 0 bridgehead atoms. The zero-order chi connectivity index (χ0) is 18.7. The van der Waals surface area contributed by atoms with E-state index in [1.54, 1.807) is 6.07 Å². The zero-order valence-electron chi connectivity index (χ0n) is 15.8. The van der Waals surface area contributed by atoms with Gasteiger partial charge >= 0.3 is 5.63 Å². The standard InChI is InChI=1S/C22H25NO3/c1-15-9-10-19-18(13-21(24)26-22(19)17(15)3)14-23(4)11-12-25-20-8-6-5-7-16(20)2/h5-10,13H,11-12,14H2,1-4H3. The quantitative estimate of drug-likeness (QED) is 0.623. The Morgan fingerprint density at radius 2 is 1.81 bits per heavy atom. The molecule has 0 atom stereocenters. The molecule has 0 unspecified atom stereocenters. The van der Waals surface area contributed by atoms with Crippen molar-refractivity contribution in [3.05, 3.63) is 75.1 Å². The van der Waals surface area contributed by atoms with Gasteiger partial charge in [0, 0.05) is 24.5 Å². The number of hydrogen-bond acceptors (Lipinski definition) is 4. The van der Waals surface area contributed by atoms with E-state index in [4.69, 9.17) is 9.15 Å². The van der Waals surface area contributed by atoms with Gasteiger partial charge in [0.15, 0.2) is 0 Å². The maximum Gasteiger partial charge on any atom is 0.336 e. The molecular weight excluding hydrogens is 326 g/mol. The Balaban J connectivity index is 1.71. The van der Waals surface area contributed by atoms with Crippen molar-refractivity contribution >= 4 is 11.0 Å². The summed E-state index contributed by atoms with van der Waals surface area (Å²) >= 11 is 0. The lowest BCUT2D eigenvalue weighted by Gasteiger charge is -2.18. The van der Waals surface area contributed by atoms with Gasteiger partial charge in [-0.2, -0.15) is 0 Å². The fraction of sp³-hybridized carbons (Fsp3) is 0.318. The number of aryl methyl sites for hydroxylation is 3. The first kappa shape index (κ1) is 18.2. The van der Waals surface area contributed by atoms with E-state index >= 15 is 0 Å². The Hall–Kier alpha value is -2.59. The molecular formula is C22H25NO3. The molecule has 1 heterocycles. The number of ether oxygens (including phenoxy) is 1. The van der Waals surface area contributed by atoms with Gasteiger partial charge in [-0.1, -0.05) is 30.3 Å². The molecule has 0 saturated carbocycles. The van der Waals surface area contributed by atoms with Crippen molar-refractivity contribution in [1.29, 1.82) is 0 Å². The molecule has 3 aromatic rings. The molecule has 1 aromatic heterocycles. The molecule has 0 saturated heterocycles. The van der Waals surface area contributed by atoms with Crippen LogP contribution in [0.1, 0.15) is 22.3 Å². The summed E-state index contributed by atoms with van der Waals surface area (Å²) in [4.78, 5) is 14.1. The van der Waals surface area contributed by atoms with Crippen LogP contribution in [0.25, 0.3) is 11.0 Å². The van der Waals surface area contributed by atoms with Crippen LogP contribution in [-0.4, -0.2) is 25.1 Å². The van der Waals surface area contributed by atoms with Gasteiger partial charge in [-0.15, -0.1) is 0 Å². The number of likely N-dealkylation sites (N-methyl/N-ethyl adjacent to an activating group) is 1. The highest BCUT2D eigenvalue weighted by Gasteiger charge is 2.11. The number of rotatable bonds is 6. The Labute approximate surface area is 154 Å². The topological polar surface area (TPSA) is 42.7 Å². The van der Waals surface area contributed by atoms with Crippen molar-refractivity contribution in [3.63, 3.8) is 0 Å². The van der Waals surface area contributed by atoms with Gasteiger partial charge in [-0.05, 0) is 56.1 Å². The maximum absolute atomic E-state index is 12.0. The van der Waals surface area contributed by atoms with Crippen molar-refractivity contribution in [2.24, 2.45) is 0 Å². The molecule has 0 amide bonds. The molecule has 0 aliphatic heterocycles. The van der Waals surface area contributed by atoms with Crippen LogP contribution in [0.4, 0.5) is 0 Å². The summed E-state index contributed by atoms with van der Waals surface area (Å²) < 4.78 is 11.3. The molecule has 0 radical (unpaired) electrons. The van der Waals surface area contributed by atoms with E-state index in [0.717, 1.165) is 39.9 Å². The van der Waals surface area contributed by atoms with E-state index in [1.807, 2.05) is 58.2 Å². The summed E-state index contributed by atoms with van der Waals surface area (Å²) in [7, 11) is 2.03. The van der Waals surface area contributed by atoms with Crippen molar-refractivity contribution in [2.45, 2.75) is 27.3 Å². The van der Waals surface area contributed by atoms with Crippen LogP contribution in [0, 0.1) is 20.8 Å². The number of fused-ring (bicyclic) bond motifs is 1. The first-order chi connectivity index (χ1) is 12.5. The van der Waals surface area contributed by atoms with E-state index < -0.39 is 0 Å². The van der Waals surface area contributed by atoms with Crippen LogP contribution < -0.4 is 10.4 Å². The third kappa shape index (κ3) is 3.97. The molecule has 2 aromatic carbocycles. The van der Waals surface area contributed by atoms with Gasteiger partial charge in [0.25, 0.3) is 0 Å². The Morgan fingerprint density at radius 1 is 1.04 bits per heavy atom. The van der Waals surface area contributed by atoms with E-state index in [2.05, 4.69) is 11.0 Å². The third-order valence-electron chi connectivity index (χ3n) is 4.78. The molecule has 0 N–H and O–H groups in total. The Bertz CT molecular complexity index is 975. The van der Waals surface area contributed by atoms with Crippen molar-refractivity contribution < 1.29 is 9.15 Å². The maximum atomic E-state index is 12.0. The number of hydrogen-bond donors (Lipinski definition) is 0. The highest BCUT2D eigenvalue weighted by molar-refractivity contribution is 5.83. The predicted molar refractivity (Wildman–Crippen MR) is 105 cm³/mol. The Morgan fingerprint density at radius 3 is 2.58 bits per heavy atom. The normalized spacial score (nSPS) is 11.3. The average Bonchev–Trinajstić information content (AvgIpc) is 2.60. The SMILES string of the molecule is Cc1ccccc1OCCN(C)Cc1cc(=O)oc2c(C)c(C)ccc12. The second-order valence-corrected chi connectivity index (χ2v) is 6.83. The summed E-state index contributed by atoms with van der Waals surface area (Å²) in [5.74, 6) is 0.915. The lowest BCUT2D eigenvalue weighted by atomic mass is 10.0. The minimum Gasteiger partial charge on any atom is -0.492 e. The van der Waals surface area contributed by atoms with Gasteiger partial charge in [0.2, 0.25) is 0 Å². The van der Waals surface area contributed by atoms with Crippen LogP contribution in [0.3, 0.4) is 0 Å².